The summed E-state index contributed by atoms with van der Waals surface area (Å²) in [4.78, 5) is 0. The van der Waals surface area contributed by atoms with Crippen molar-refractivity contribution in [2.45, 2.75) is 38.3 Å². The van der Waals surface area contributed by atoms with E-state index in [2.05, 4.69) is 31.5 Å². The Morgan fingerprint density at radius 1 is 1.46 bits per heavy atom. The van der Waals surface area contributed by atoms with Crippen molar-refractivity contribution in [1.29, 1.82) is 0 Å². The Morgan fingerprint density at radius 2 is 2.15 bits per heavy atom. The summed E-state index contributed by atoms with van der Waals surface area (Å²) in [6, 6.07) is 1.06. The van der Waals surface area contributed by atoms with Crippen LogP contribution in [0.2, 0.25) is 0 Å². The van der Waals surface area contributed by atoms with Crippen molar-refractivity contribution < 1.29 is 0 Å². The van der Waals surface area contributed by atoms with Gasteiger partial charge in [-0.3, -0.25) is 0 Å². The summed E-state index contributed by atoms with van der Waals surface area (Å²) in [5, 5.41) is 3.57. The molecule has 1 heteroatoms. The highest BCUT2D eigenvalue weighted by molar-refractivity contribution is 5.12. The number of rotatable bonds is 4. The standard InChI is InChI=1S/C12H19N/c1-4-6-11-8-10(3)9-12(13-11)7-5-2/h4-5,8,11-13H,1-2,6-7,9H2,3H3/t11-,12-/m1/s1. The molecule has 0 saturated carbocycles. The van der Waals surface area contributed by atoms with E-state index in [1.165, 1.54) is 5.57 Å². The van der Waals surface area contributed by atoms with Crippen LogP contribution in [-0.2, 0) is 0 Å². The third kappa shape index (κ3) is 3.19. The molecule has 0 amide bonds. The lowest BCUT2D eigenvalue weighted by atomic mass is 9.95. The van der Waals surface area contributed by atoms with Gasteiger partial charge in [0.15, 0.2) is 0 Å². The molecule has 0 spiro atoms. The van der Waals surface area contributed by atoms with Crippen LogP contribution < -0.4 is 5.32 Å². The second-order valence-electron chi connectivity index (χ2n) is 3.74. The van der Waals surface area contributed by atoms with Crippen molar-refractivity contribution in [2.24, 2.45) is 0 Å². The van der Waals surface area contributed by atoms with Crippen molar-refractivity contribution in [2.75, 3.05) is 0 Å². The molecule has 1 nitrogen and oxygen atoms in total. The van der Waals surface area contributed by atoms with E-state index >= 15 is 0 Å². The Bertz CT molecular complexity index is 215. The highest BCUT2D eigenvalue weighted by atomic mass is 15.0. The zero-order valence-corrected chi connectivity index (χ0v) is 8.42. The minimum absolute atomic E-state index is 0.483. The van der Waals surface area contributed by atoms with E-state index < -0.39 is 0 Å². The van der Waals surface area contributed by atoms with Crippen LogP contribution in [0, 0.1) is 0 Å². The Morgan fingerprint density at radius 3 is 2.77 bits per heavy atom. The summed E-state index contributed by atoms with van der Waals surface area (Å²) in [6.45, 7) is 9.73. The first-order valence-corrected chi connectivity index (χ1v) is 4.91. The summed E-state index contributed by atoms with van der Waals surface area (Å²) in [5.41, 5.74) is 1.48. The van der Waals surface area contributed by atoms with Gasteiger partial charge in [-0.05, 0) is 26.2 Å². The molecule has 0 aromatic rings. The van der Waals surface area contributed by atoms with Gasteiger partial charge in [0.1, 0.15) is 0 Å². The molecule has 1 heterocycles. The van der Waals surface area contributed by atoms with Gasteiger partial charge >= 0.3 is 0 Å². The van der Waals surface area contributed by atoms with Crippen molar-refractivity contribution in [3.05, 3.63) is 37.0 Å². The Kier molecular flexibility index (Phi) is 3.97. The van der Waals surface area contributed by atoms with Crippen molar-refractivity contribution >= 4 is 0 Å². The molecule has 1 N–H and O–H groups in total. The highest BCUT2D eigenvalue weighted by Gasteiger charge is 2.17. The lowest BCUT2D eigenvalue weighted by molar-refractivity contribution is 0.444. The average Bonchev–Trinajstić information content (AvgIpc) is 2.04. The molecule has 0 saturated heterocycles. The molecular weight excluding hydrogens is 158 g/mol. The minimum Gasteiger partial charge on any atom is -0.307 e. The van der Waals surface area contributed by atoms with Gasteiger partial charge in [0, 0.05) is 12.1 Å². The predicted octanol–water partition coefficient (Wildman–Crippen LogP) is 2.82. The van der Waals surface area contributed by atoms with E-state index in [1.807, 2.05) is 12.2 Å². The van der Waals surface area contributed by atoms with Crippen LogP contribution in [0.15, 0.2) is 37.0 Å². The average molecular weight is 177 g/mol. The largest absolute Gasteiger partial charge is 0.307 e. The second kappa shape index (κ2) is 5.03. The van der Waals surface area contributed by atoms with Crippen molar-refractivity contribution in [3.8, 4) is 0 Å². The molecule has 0 bridgehead atoms. The first-order valence-electron chi connectivity index (χ1n) is 4.91. The third-order valence-electron chi connectivity index (χ3n) is 2.38. The molecular formula is C12H19N. The van der Waals surface area contributed by atoms with Crippen LogP contribution in [0.1, 0.15) is 26.2 Å². The first kappa shape index (κ1) is 10.3. The summed E-state index contributed by atoms with van der Waals surface area (Å²) in [5.74, 6) is 0. The molecule has 2 atom stereocenters. The lowest BCUT2D eigenvalue weighted by Gasteiger charge is -2.28. The normalized spacial score (nSPS) is 27.9. The van der Waals surface area contributed by atoms with Gasteiger partial charge in [-0.2, -0.15) is 0 Å². The van der Waals surface area contributed by atoms with E-state index in [-0.39, 0.29) is 0 Å². The van der Waals surface area contributed by atoms with Crippen LogP contribution in [-0.4, -0.2) is 12.1 Å². The zero-order valence-electron chi connectivity index (χ0n) is 8.42. The van der Waals surface area contributed by atoms with Crippen LogP contribution in [0.3, 0.4) is 0 Å². The smallest absolute Gasteiger partial charge is 0.0289 e. The topological polar surface area (TPSA) is 12.0 Å². The zero-order chi connectivity index (χ0) is 9.68. The quantitative estimate of drug-likeness (QED) is 0.651. The molecule has 0 aliphatic carbocycles. The van der Waals surface area contributed by atoms with Crippen LogP contribution in [0.25, 0.3) is 0 Å². The van der Waals surface area contributed by atoms with Gasteiger partial charge in [0.05, 0.1) is 0 Å². The molecule has 72 valence electrons. The van der Waals surface area contributed by atoms with Crippen LogP contribution in [0.4, 0.5) is 0 Å². The fraction of sp³-hybridized carbons (Fsp3) is 0.500. The molecule has 1 rings (SSSR count). The third-order valence-corrected chi connectivity index (χ3v) is 2.38. The van der Waals surface area contributed by atoms with Crippen molar-refractivity contribution in [3.63, 3.8) is 0 Å². The fourth-order valence-electron chi connectivity index (χ4n) is 1.88. The van der Waals surface area contributed by atoms with E-state index in [1.54, 1.807) is 0 Å². The fourth-order valence-corrected chi connectivity index (χ4v) is 1.88. The molecule has 0 fully saturated rings. The minimum atomic E-state index is 0.483. The SMILES string of the molecule is C=CC[C@@H]1CC(C)=C[C@@H](CC=C)N1. The van der Waals surface area contributed by atoms with Gasteiger partial charge in [-0.15, -0.1) is 13.2 Å². The van der Waals surface area contributed by atoms with Crippen LogP contribution >= 0.6 is 0 Å². The number of hydrogen-bond donors (Lipinski definition) is 1. The Hall–Kier alpha value is -0.820. The Balaban J connectivity index is 2.53. The Labute approximate surface area is 81.2 Å². The monoisotopic (exact) mass is 177 g/mol. The van der Waals surface area contributed by atoms with E-state index in [0.29, 0.717) is 12.1 Å². The predicted molar refractivity (Wildman–Crippen MR) is 58.7 cm³/mol. The van der Waals surface area contributed by atoms with Crippen molar-refractivity contribution in [1.82, 2.24) is 5.32 Å². The van der Waals surface area contributed by atoms with Gasteiger partial charge in [0.2, 0.25) is 0 Å². The molecule has 13 heavy (non-hydrogen) atoms. The summed E-state index contributed by atoms with van der Waals surface area (Å²) in [6.07, 6.45) is 9.49. The van der Waals surface area contributed by atoms with Gasteiger partial charge in [-0.1, -0.05) is 23.8 Å². The first-order chi connectivity index (χ1) is 6.26. The maximum absolute atomic E-state index is 3.77. The summed E-state index contributed by atoms with van der Waals surface area (Å²) >= 11 is 0. The molecule has 1 aliphatic heterocycles. The molecule has 0 unspecified atom stereocenters. The highest BCUT2D eigenvalue weighted by Crippen LogP contribution is 2.17. The maximum atomic E-state index is 3.77. The molecule has 0 radical (unpaired) electrons. The summed E-state index contributed by atoms with van der Waals surface area (Å²) in [7, 11) is 0. The molecule has 1 aliphatic rings. The van der Waals surface area contributed by atoms with E-state index in [4.69, 9.17) is 0 Å². The van der Waals surface area contributed by atoms with E-state index in [0.717, 1.165) is 19.3 Å². The second-order valence-corrected chi connectivity index (χ2v) is 3.74. The maximum Gasteiger partial charge on any atom is 0.0289 e. The number of nitrogens with one attached hydrogen (secondary N) is 1. The number of hydrogen-bond acceptors (Lipinski definition) is 1. The van der Waals surface area contributed by atoms with Gasteiger partial charge < -0.3 is 5.32 Å². The summed E-state index contributed by atoms with van der Waals surface area (Å²) < 4.78 is 0. The van der Waals surface area contributed by atoms with Gasteiger partial charge in [-0.25, -0.2) is 0 Å². The molecule has 0 aromatic heterocycles. The van der Waals surface area contributed by atoms with Gasteiger partial charge in [0.25, 0.3) is 0 Å². The molecule has 0 aromatic carbocycles. The van der Waals surface area contributed by atoms with Crippen LogP contribution in [0.5, 0.6) is 0 Å². The lowest BCUT2D eigenvalue weighted by Crippen LogP contribution is -2.40. The van der Waals surface area contributed by atoms with E-state index in [9.17, 15) is 0 Å².